The highest BCUT2D eigenvalue weighted by molar-refractivity contribution is 5.43. The second-order valence-corrected chi connectivity index (χ2v) is 4.12. The Morgan fingerprint density at radius 1 is 1.11 bits per heavy atom. The van der Waals surface area contributed by atoms with Crippen molar-refractivity contribution in [2.24, 2.45) is 0 Å². The van der Waals surface area contributed by atoms with Crippen molar-refractivity contribution in [2.75, 3.05) is 20.0 Å². The zero-order valence-electron chi connectivity index (χ0n) is 10.9. The molecule has 1 aromatic heterocycles. The summed E-state index contributed by atoms with van der Waals surface area (Å²) in [7, 11) is 3.16. The molecule has 0 saturated heterocycles. The Hall–Kier alpha value is -2.43. The number of methoxy groups -OCH3 is 2. The summed E-state index contributed by atoms with van der Waals surface area (Å²) in [6.07, 6.45) is 1.62. The third-order valence-corrected chi connectivity index (χ3v) is 2.81. The highest BCUT2D eigenvalue weighted by atomic mass is 16.5. The van der Waals surface area contributed by atoms with Gasteiger partial charge in [-0.05, 0) is 23.8 Å². The molecule has 0 amide bonds. The van der Waals surface area contributed by atoms with Gasteiger partial charge >= 0.3 is 0 Å². The Labute approximate surface area is 111 Å². The molecule has 5 heteroatoms. The molecule has 0 spiro atoms. The van der Waals surface area contributed by atoms with E-state index < -0.39 is 0 Å². The van der Waals surface area contributed by atoms with E-state index in [0.29, 0.717) is 23.7 Å². The molecule has 1 aromatic carbocycles. The van der Waals surface area contributed by atoms with Crippen molar-refractivity contribution in [1.29, 1.82) is 0 Å². The number of aromatic nitrogens is 1. The van der Waals surface area contributed by atoms with Gasteiger partial charge in [0.15, 0.2) is 11.5 Å². The molecule has 19 heavy (non-hydrogen) atoms. The number of rotatable bonds is 4. The first kappa shape index (κ1) is 13.0. The molecule has 5 nitrogen and oxygen atoms in total. The number of nitrogen functional groups attached to an aromatic ring is 1. The number of hydrogen-bond acceptors (Lipinski definition) is 4. The molecule has 0 fully saturated rings. The molecule has 100 valence electrons. The smallest absolute Gasteiger partial charge is 0.250 e. The van der Waals surface area contributed by atoms with Crippen LogP contribution in [0.25, 0.3) is 0 Å². The van der Waals surface area contributed by atoms with Crippen LogP contribution < -0.4 is 20.8 Å². The van der Waals surface area contributed by atoms with E-state index in [1.54, 1.807) is 31.0 Å². The summed E-state index contributed by atoms with van der Waals surface area (Å²) in [5.74, 6) is 1.29. The van der Waals surface area contributed by atoms with Gasteiger partial charge in [0, 0.05) is 18.0 Å². The number of hydrogen-bond donors (Lipinski definition) is 1. The molecule has 2 aromatic rings. The maximum absolute atomic E-state index is 11.7. The van der Waals surface area contributed by atoms with Gasteiger partial charge in [0.2, 0.25) is 0 Å². The number of ether oxygens (including phenoxy) is 2. The van der Waals surface area contributed by atoms with Crippen molar-refractivity contribution < 1.29 is 9.47 Å². The van der Waals surface area contributed by atoms with E-state index in [2.05, 4.69) is 0 Å². The Bertz CT molecular complexity index is 635. The Morgan fingerprint density at radius 2 is 1.84 bits per heavy atom. The van der Waals surface area contributed by atoms with Crippen LogP contribution in [0.1, 0.15) is 5.56 Å². The Morgan fingerprint density at radius 3 is 2.53 bits per heavy atom. The minimum Gasteiger partial charge on any atom is -0.493 e. The van der Waals surface area contributed by atoms with Crippen LogP contribution in [-0.4, -0.2) is 18.8 Å². The fourth-order valence-electron chi connectivity index (χ4n) is 1.85. The van der Waals surface area contributed by atoms with Gasteiger partial charge in [0.25, 0.3) is 5.56 Å². The second kappa shape index (κ2) is 5.48. The lowest BCUT2D eigenvalue weighted by Gasteiger charge is -2.11. The van der Waals surface area contributed by atoms with E-state index in [1.165, 1.54) is 6.07 Å². The summed E-state index contributed by atoms with van der Waals surface area (Å²) < 4.78 is 12.0. The van der Waals surface area contributed by atoms with Gasteiger partial charge < -0.3 is 19.8 Å². The van der Waals surface area contributed by atoms with Crippen molar-refractivity contribution in [3.05, 3.63) is 52.4 Å². The number of nitrogens with zero attached hydrogens (tertiary/aromatic N) is 1. The van der Waals surface area contributed by atoms with Crippen LogP contribution in [0.4, 0.5) is 5.69 Å². The summed E-state index contributed by atoms with van der Waals surface area (Å²) in [4.78, 5) is 11.7. The molecule has 2 rings (SSSR count). The van der Waals surface area contributed by atoms with Gasteiger partial charge in [-0.1, -0.05) is 6.07 Å². The molecular weight excluding hydrogens is 244 g/mol. The lowest BCUT2D eigenvalue weighted by Crippen LogP contribution is -2.19. The summed E-state index contributed by atoms with van der Waals surface area (Å²) in [5, 5.41) is 0. The van der Waals surface area contributed by atoms with Crippen LogP contribution in [0, 0.1) is 0 Å². The molecule has 0 atom stereocenters. The maximum atomic E-state index is 11.7. The molecule has 0 bridgehead atoms. The maximum Gasteiger partial charge on any atom is 0.250 e. The number of nitrogens with two attached hydrogens (primary N) is 1. The zero-order valence-corrected chi connectivity index (χ0v) is 10.9. The molecule has 1 heterocycles. The lowest BCUT2D eigenvalue weighted by atomic mass is 10.2. The Kier molecular flexibility index (Phi) is 3.75. The van der Waals surface area contributed by atoms with Crippen LogP contribution in [-0.2, 0) is 6.54 Å². The van der Waals surface area contributed by atoms with Crippen LogP contribution in [0.5, 0.6) is 11.5 Å². The number of benzene rings is 1. The molecule has 0 aliphatic rings. The van der Waals surface area contributed by atoms with E-state index in [1.807, 2.05) is 18.2 Å². The van der Waals surface area contributed by atoms with Crippen molar-refractivity contribution >= 4 is 5.69 Å². The third-order valence-electron chi connectivity index (χ3n) is 2.81. The van der Waals surface area contributed by atoms with E-state index in [-0.39, 0.29) is 5.56 Å². The highest BCUT2D eigenvalue weighted by Crippen LogP contribution is 2.27. The molecule has 0 aliphatic carbocycles. The van der Waals surface area contributed by atoms with Crippen molar-refractivity contribution in [3.63, 3.8) is 0 Å². The molecule has 2 N–H and O–H groups in total. The molecule has 0 aliphatic heterocycles. The van der Waals surface area contributed by atoms with E-state index >= 15 is 0 Å². The fourth-order valence-corrected chi connectivity index (χ4v) is 1.85. The standard InChI is InChI=1S/C14H16N2O3/c1-18-12-5-3-10(7-13(12)19-2)8-16-9-11(15)4-6-14(16)17/h3-7,9H,8,15H2,1-2H3. The van der Waals surface area contributed by atoms with Crippen LogP contribution in [0.3, 0.4) is 0 Å². The van der Waals surface area contributed by atoms with Gasteiger partial charge in [-0.25, -0.2) is 0 Å². The minimum absolute atomic E-state index is 0.0935. The third kappa shape index (κ3) is 2.88. The molecule has 0 saturated carbocycles. The summed E-state index contributed by atoms with van der Waals surface area (Å²) in [6.45, 7) is 0.435. The first-order chi connectivity index (χ1) is 9.13. The van der Waals surface area contributed by atoms with Crippen LogP contribution in [0.15, 0.2) is 41.3 Å². The van der Waals surface area contributed by atoms with Crippen molar-refractivity contribution in [2.45, 2.75) is 6.54 Å². The number of anilines is 1. The van der Waals surface area contributed by atoms with Gasteiger partial charge in [0.1, 0.15) is 0 Å². The minimum atomic E-state index is -0.0935. The van der Waals surface area contributed by atoms with E-state index in [4.69, 9.17) is 15.2 Å². The summed E-state index contributed by atoms with van der Waals surface area (Å²) >= 11 is 0. The van der Waals surface area contributed by atoms with Crippen molar-refractivity contribution in [1.82, 2.24) is 4.57 Å². The van der Waals surface area contributed by atoms with Crippen molar-refractivity contribution in [3.8, 4) is 11.5 Å². The summed E-state index contributed by atoms with van der Waals surface area (Å²) in [5.41, 5.74) is 7.08. The Balaban J connectivity index is 2.33. The largest absolute Gasteiger partial charge is 0.493 e. The summed E-state index contributed by atoms with van der Waals surface area (Å²) in [6, 6.07) is 8.58. The molecule has 0 unspecified atom stereocenters. The van der Waals surface area contributed by atoms with Gasteiger partial charge in [-0.15, -0.1) is 0 Å². The average Bonchev–Trinajstić information content (AvgIpc) is 2.42. The highest BCUT2D eigenvalue weighted by Gasteiger charge is 2.05. The van der Waals surface area contributed by atoms with Gasteiger partial charge in [-0.2, -0.15) is 0 Å². The topological polar surface area (TPSA) is 66.5 Å². The first-order valence-electron chi connectivity index (χ1n) is 5.81. The first-order valence-corrected chi connectivity index (χ1v) is 5.81. The van der Waals surface area contributed by atoms with Gasteiger partial charge in [-0.3, -0.25) is 4.79 Å². The van der Waals surface area contributed by atoms with Crippen LogP contribution in [0.2, 0.25) is 0 Å². The molecular formula is C14H16N2O3. The second-order valence-electron chi connectivity index (χ2n) is 4.12. The number of pyridine rings is 1. The van der Waals surface area contributed by atoms with E-state index in [9.17, 15) is 4.79 Å². The average molecular weight is 260 g/mol. The monoisotopic (exact) mass is 260 g/mol. The normalized spacial score (nSPS) is 10.2. The predicted octanol–water partition coefficient (Wildman–Crippen LogP) is 1.50. The van der Waals surface area contributed by atoms with E-state index in [0.717, 1.165) is 5.56 Å². The fraction of sp³-hybridized carbons (Fsp3) is 0.214. The quantitative estimate of drug-likeness (QED) is 0.904. The van der Waals surface area contributed by atoms with Gasteiger partial charge in [0.05, 0.1) is 20.8 Å². The van der Waals surface area contributed by atoms with Crippen LogP contribution >= 0.6 is 0 Å². The lowest BCUT2D eigenvalue weighted by molar-refractivity contribution is 0.354. The predicted molar refractivity (Wildman–Crippen MR) is 73.8 cm³/mol. The molecule has 0 radical (unpaired) electrons. The zero-order chi connectivity index (χ0) is 13.8. The SMILES string of the molecule is COc1ccc(Cn2cc(N)ccc2=O)cc1OC.